The smallest absolute Gasteiger partial charge is 0.0558 e. The predicted molar refractivity (Wildman–Crippen MR) is 72.5 cm³/mol. The monoisotopic (exact) mass is 240 g/mol. The molecule has 94 valence electrons. The van der Waals surface area contributed by atoms with Crippen LogP contribution in [-0.2, 0) is 0 Å². The van der Waals surface area contributed by atoms with E-state index in [4.69, 9.17) is 0 Å². The third-order valence-corrected chi connectivity index (χ3v) is 10.9. The molecule has 1 aliphatic heterocycles. The lowest BCUT2D eigenvalue weighted by molar-refractivity contribution is 0.127. The Morgan fingerprint density at radius 1 is 1.06 bits per heavy atom. The Morgan fingerprint density at radius 3 is 2.25 bits per heavy atom. The highest BCUT2D eigenvalue weighted by molar-refractivity contribution is 6.80. The van der Waals surface area contributed by atoms with E-state index in [1.165, 1.54) is 69.1 Å². The van der Waals surface area contributed by atoms with Gasteiger partial charge in [0.1, 0.15) is 0 Å². The number of aliphatic hydroxyl groups is 1. The molecule has 0 amide bonds. The zero-order valence-corrected chi connectivity index (χ0v) is 11.9. The van der Waals surface area contributed by atoms with Crippen molar-refractivity contribution in [1.82, 2.24) is 0 Å². The van der Waals surface area contributed by atoms with Gasteiger partial charge in [-0.05, 0) is 24.8 Å². The van der Waals surface area contributed by atoms with E-state index in [2.05, 4.69) is 6.92 Å². The van der Waals surface area contributed by atoms with Crippen molar-refractivity contribution in [2.24, 2.45) is 5.92 Å². The molecule has 0 aromatic carbocycles. The Kier molecular flexibility index (Phi) is 4.48. The Bertz CT molecular complexity index is 205. The first-order valence-electron chi connectivity index (χ1n) is 7.44. The van der Waals surface area contributed by atoms with Gasteiger partial charge in [0, 0.05) is 0 Å². The molecule has 1 saturated carbocycles. The van der Waals surface area contributed by atoms with Crippen molar-refractivity contribution in [3.8, 4) is 0 Å². The SMILES string of the molecule is CC[Si]1(C[C@@H](O)C2CCCC2)CCCCC1. The van der Waals surface area contributed by atoms with Gasteiger partial charge in [-0.25, -0.2) is 0 Å². The van der Waals surface area contributed by atoms with Gasteiger partial charge in [0.05, 0.1) is 14.2 Å². The van der Waals surface area contributed by atoms with Crippen molar-refractivity contribution in [1.29, 1.82) is 0 Å². The summed E-state index contributed by atoms with van der Waals surface area (Å²) in [5, 5.41) is 10.4. The highest BCUT2D eigenvalue weighted by Gasteiger charge is 2.37. The van der Waals surface area contributed by atoms with Crippen LogP contribution in [0.15, 0.2) is 0 Å². The van der Waals surface area contributed by atoms with Crippen LogP contribution in [0.1, 0.15) is 51.9 Å². The molecule has 0 aromatic heterocycles. The third kappa shape index (κ3) is 2.89. The maximum atomic E-state index is 10.4. The van der Waals surface area contributed by atoms with Gasteiger partial charge in [0.2, 0.25) is 0 Å². The Labute approximate surface area is 102 Å². The molecule has 1 heterocycles. The molecule has 1 saturated heterocycles. The molecule has 2 rings (SSSR count). The van der Waals surface area contributed by atoms with Crippen LogP contribution in [0.25, 0.3) is 0 Å². The van der Waals surface area contributed by atoms with Crippen LogP contribution in [0.2, 0.25) is 24.2 Å². The summed E-state index contributed by atoms with van der Waals surface area (Å²) in [6, 6.07) is 5.66. The zero-order valence-electron chi connectivity index (χ0n) is 10.9. The zero-order chi connectivity index (χ0) is 11.4. The van der Waals surface area contributed by atoms with E-state index >= 15 is 0 Å². The summed E-state index contributed by atoms with van der Waals surface area (Å²) in [7, 11) is -1.04. The Balaban J connectivity index is 1.89. The number of hydrogen-bond donors (Lipinski definition) is 1. The number of hydrogen-bond acceptors (Lipinski definition) is 1. The van der Waals surface area contributed by atoms with Gasteiger partial charge in [-0.1, -0.05) is 57.2 Å². The lowest BCUT2D eigenvalue weighted by Crippen LogP contribution is -2.40. The molecular formula is C14H28OSi. The number of rotatable bonds is 4. The normalized spacial score (nSPS) is 28.1. The third-order valence-electron chi connectivity index (χ3n) is 5.25. The van der Waals surface area contributed by atoms with Crippen LogP contribution in [0, 0.1) is 5.92 Å². The van der Waals surface area contributed by atoms with Crippen LogP contribution in [-0.4, -0.2) is 19.3 Å². The van der Waals surface area contributed by atoms with Gasteiger partial charge in [-0.3, -0.25) is 0 Å². The Morgan fingerprint density at radius 2 is 1.69 bits per heavy atom. The first-order chi connectivity index (χ1) is 7.76. The minimum absolute atomic E-state index is 0.0622. The van der Waals surface area contributed by atoms with Crippen molar-refractivity contribution in [3.05, 3.63) is 0 Å². The lowest BCUT2D eigenvalue weighted by atomic mass is 10.0. The molecule has 1 N–H and O–H groups in total. The van der Waals surface area contributed by atoms with Crippen LogP contribution in [0.4, 0.5) is 0 Å². The molecule has 2 aliphatic rings. The van der Waals surface area contributed by atoms with Gasteiger partial charge >= 0.3 is 0 Å². The molecule has 1 atom stereocenters. The molecule has 0 unspecified atom stereocenters. The molecule has 2 fully saturated rings. The van der Waals surface area contributed by atoms with Gasteiger partial charge < -0.3 is 5.11 Å². The second-order valence-corrected chi connectivity index (χ2v) is 11.3. The fourth-order valence-electron chi connectivity index (χ4n) is 3.96. The van der Waals surface area contributed by atoms with Gasteiger partial charge in [-0.2, -0.15) is 0 Å². The van der Waals surface area contributed by atoms with Gasteiger partial charge in [-0.15, -0.1) is 0 Å². The largest absolute Gasteiger partial charge is 0.393 e. The summed E-state index contributed by atoms with van der Waals surface area (Å²) < 4.78 is 0. The van der Waals surface area contributed by atoms with Crippen LogP contribution in [0.3, 0.4) is 0 Å². The Hall–Kier alpha value is 0.177. The molecular weight excluding hydrogens is 212 g/mol. The first kappa shape index (κ1) is 12.6. The molecule has 0 spiro atoms. The average molecular weight is 240 g/mol. The predicted octanol–water partition coefficient (Wildman–Crippen LogP) is 4.19. The average Bonchev–Trinajstić information content (AvgIpc) is 2.84. The van der Waals surface area contributed by atoms with E-state index in [1.54, 1.807) is 0 Å². The highest BCUT2D eigenvalue weighted by atomic mass is 28.3. The van der Waals surface area contributed by atoms with Crippen molar-refractivity contribution in [3.63, 3.8) is 0 Å². The highest BCUT2D eigenvalue weighted by Crippen LogP contribution is 2.39. The molecule has 0 aromatic rings. The minimum atomic E-state index is -1.04. The summed E-state index contributed by atoms with van der Waals surface area (Å²) in [5.41, 5.74) is 0. The van der Waals surface area contributed by atoms with E-state index < -0.39 is 8.07 Å². The van der Waals surface area contributed by atoms with Crippen LogP contribution < -0.4 is 0 Å². The lowest BCUT2D eigenvalue weighted by Gasteiger charge is -2.37. The van der Waals surface area contributed by atoms with Crippen molar-refractivity contribution in [2.75, 3.05) is 0 Å². The van der Waals surface area contributed by atoms with Crippen molar-refractivity contribution < 1.29 is 5.11 Å². The molecule has 2 heteroatoms. The molecule has 0 radical (unpaired) electrons. The minimum Gasteiger partial charge on any atom is -0.393 e. The van der Waals surface area contributed by atoms with Crippen molar-refractivity contribution >= 4 is 8.07 Å². The summed E-state index contributed by atoms with van der Waals surface area (Å²) >= 11 is 0. The van der Waals surface area contributed by atoms with Gasteiger partial charge in [0.15, 0.2) is 0 Å². The number of aliphatic hydroxyl groups excluding tert-OH is 1. The van der Waals surface area contributed by atoms with Crippen molar-refractivity contribution in [2.45, 2.75) is 82.1 Å². The van der Waals surface area contributed by atoms with Crippen LogP contribution >= 0.6 is 0 Å². The van der Waals surface area contributed by atoms with E-state index in [9.17, 15) is 5.11 Å². The molecule has 16 heavy (non-hydrogen) atoms. The standard InChI is InChI=1S/C14H28OSi/c1-2-16(10-6-3-7-11-16)12-14(15)13-8-4-5-9-13/h13-15H,2-12H2,1H3/t14-/m1/s1. The summed E-state index contributed by atoms with van der Waals surface area (Å²) in [5.74, 6) is 0.665. The maximum absolute atomic E-state index is 10.4. The maximum Gasteiger partial charge on any atom is 0.0558 e. The second kappa shape index (κ2) is 5.68. The van der Waals surface area contributed by atoms with E-state index in [1.807, 2.05) is 0 Å². The van der Waals surface area contributed by atoms with Crippen LogP contribution in [0.5, 0.6) is 0 Å². The van der Waals surface area contributed by atoms with E-state index in [-0.39, 0.29) is 6.10 Å². The summed E-state index contributed by atoms with van der Waals surface area (Å²) in [6.07, 6.45) is 9.76. The fourth-order valence-corrected chi connectivity index (χ4v) is 8.83. The summed E-state index contributed by atoms with van der Waals surface area (Å²) in [6.45, 7) is 2.39. The quantitative estimate of drug-likeness (QED) is 0.731. The summed E-state index contributed by atoms with van der Waals surface area (Å²) in [4.78, 5) is 0. The molecule has 1 nitrogen and oxygen atoms in total. The second-order valence-electron chi connectivity index (χ2n) is 6.23. The van der Waals surface area contributed by atoms with E-state index in [0.29, 0.717) is 5.92 Å². The molecule has 1 aliphatic carbocycles. The van der Waals surface area contributed by atoms with E-state index in [0.717, 1.165) is 0 Å². The topological polar surface area (TPSA) is 20.2 Å². The first-order valence-corrected chi connectivity index (χ1v) is 10.3. The molecule has 0 bridgehead atoms. The fraction of sp³-hybridized carbons (Fsp3) is 1.00. The van der Waals surface area contributed by atoms with Gasteiger partial charge in [0.25, 0.3) is 0 Å².